The monoisotopic (exact) mass is 1350 g/mol. The Labute approximate surface area is 558 Å². The van der Waals surface area contributed by atoms with Crippen LogP contribution in [-0.2, 0) is 75.2 Å². The largest absolute Gasteiger partial charge is 0.370 e. The van der Waals surface area contributed by atoms with Gasteiger partial charge < -0.3 is 92.5 Å². The van der Waals surface area contributed by atoms with Gasteiger partial charge in [-0.25, -0.2) is 0 Å². The number of hydrogen-bond acceptors (Lipinski definition) is 17. The van der Waals surface area contributed by atoms with Gasteiger partial charge in [0.05, 0.1) is 12.6 Å². The lowest BCUT2D eigenvalue weighted by molar-refractivity contribution is -0.144. The number of thioether (sulfide) groups is 1. The molecule has 0 bridgehead atoms. The van der Waals surface area contributed by atoms with E-state index in [1.165, 1.54) is 21.6 Å². The van der Waals surface area contributed by atoms with Crippen molar-refractivity contribution >= 4 is 94.5 Å². The molecule has 95 heavy (non-hydrogen) atoms. The van der Waals surface area contributed by atoms with Crippen molar-refractivity contribution < 1.29 is 62.3 Å². The lowest BCUT2D eigenvalue weighted by Crippen LogP contribution is -2.60. The molecule has 31 nitrogen and oxygen atoms in total. The number of primary amides is 3. The van der Waals surface area contributed by atoms with E-state index in [1.807, 2.05) is 20.1 Å². The maximum atomic E-state index is 14.7. The van der Waals surface area contributed by atoms with Crippen LogP contribution in [0, 0.1) is 5.92 Å². The number of carbonyl (C=O) groups excluding carboxylic acids is 13. The molecule has 4 rings (SSSR count). The highest BCUT2D eigenvalue weighted by atomic mass is 32.2. The molecule has 2 saturated heterocycles. The molecule has 2 aromatic rings. The van der Waals surface area contributed by atoms with Crippen molar-refractivity contribution in [3.8, 4) is 0 Å². The Balaban J connectivity index is 1.56. The van der Waals surface area contributed by atoms with Crippen molar-refractivity contribution in [1.82, 2.24) is 52.3 Å². The second-order valence-corrected chi connectivity index (χ2v) is 25.1. The lowest BCUT2D eigenvalue weighted by Gasteiger charge is -2.32. The van der Waals surface area contributed by atoms with E-state index in [-0.39, 0.29) is 83.0 Å². The number of nitrogens with two attached hydrogens (primary N) is 7. The van der Waals surface area contributed by atoms with Crippen LogP contribution in [0.3, 0.4) is 0 Å². The normalized spacial score (nSPS) is 16.8. The highest BCUT2D eigenvalue weighted by molar-refractivity contribution is 7.98. The molecule has 22 N–H and O–H groups in total. The molecular weight excluding hydrogens is 1250 g/mol. The standard InChI is InChI=1S/C63H98N18O13S/c1-37(2)33-45(57(89)74-41(53(68)85)27-32-95-3)73-52(84)36-72-54(86)46(34-38-15-6-4-7-16-38)78-58(90)47(35-39-17-8-5-9-18-39)79-56(88)42(23-25-50(66)82)75-55(87)43(24-26-51(67)83)76-59(91)49-22-14-31-81(49)62(94)44(20-10-11-28-64)77-60(92)48-21-13-30-80(48)61(93)40(65)19-12-29-71-63(69)70/h4-9,15-18,37,40-49H,10-14,19-36,64-65H2,1-3H3,(H2,66,82)(H2,67,83)(H2,68,85)(H,72,86)(H,73,84)(H,74,89)(H,75,87)(H,76,91)(H,77,92)(H,78,90)(H,79,88)(H4,69,70,71)/t40-,41+,42+,43-,44-,45-,46+,47-,48+,49-/m1/s1. The number of nitrogens with one attached hydrogen (secondary N) is 8. The zero-order valence-corrected chi connectivity index (χ0v) is 55.3. The number of aliphatic imine (C=N–C) groups is 1. The summed E-state index contributed by atoms with van der Waals surface area (Å²) >= 11 is 1.45. The zero-order chi connectivity index (χ0) is 70.1. The third-order valence-corrected chi connectivity index (χ3v) is 16.7. The molecule has 0 spiro atoms. The average molecular weight is 1350 g/mol. The Bertz CT molecular complexity index is 2960. The minimum absolute atomic E-state index is 0.0736. The fourth-order valence-electron chi connectivity index (χ4n) is 11.0. The molecule has 32 heteroatoms. The predicted octanol–water partition coefficient (Wildman–Crippen LogP) is -3.71. The summed E-state index contributed by atoms with van der Waals surface area (Å²) in [5, 5.41) is 21.1. The Morgan fingerprint density at radius 3 is 1.51 bits per heavy atom. The van der Waals surface area contributed by atoms with E-state index in [0.717, 1.165) is 0 Å². The van der Waals surface area contributed by atoms with Crippen LogP contribution < -0.4 is 82.7 Å². The number of unbranched alkanes of at least 4 members (excludes halogenated alkanes) is 1. The first-order chi connectivity index (χ1) is 45.2. The van der Waals surface area contributed by atoms with Gasteiger partial charge in [0, 0.05) is 45.3 Å². The molecule has 2 aliphatic rings. The third-order valence-electron chi connectivity index (χ3n) is 16.0. The molecule has 0 radical (unpaired) electrons. The molecule has 2 fully saturated rings. The van der Waals surface area contributed by atoms with Crippen molar-refractivity contribution in [2.24, 2.45) is 51.0 Å². The first kappa shape index (κ1) is 78.5. The van der Waals surface area contributed by atoms with Gasteiger partial charge >= 0.3 is 0 Å². The Morgan fingerprint density at radius 1 is 0.537 bits per heavy atom. The maximum Gasteiger partial charge on any atom is 0.245 e. The van der Waals surface area contributed by atoms with Crippen LogP contribution in [0.5, 0.6) is 0 Å². The van der Waals surface area contributed by atoms with Crippen molar-refractivity contribution in [3.05, 3.63) is 71.8 Å². The first-order valence-electron chi connectivity index (χ1n) is 32.2. The smallest absolute Gasteiger partial charge is 0.245 e. The van der Waals surface area contributed by atoms with Gasteiger partial charge in [-0.1, -0.05) is 74.5 Å². The Morgan fingerprint density at radius 2 is 1.01 bits per heavy atom. The number of rotatable bonds is 42. The SMILES string of the molecule is CSCC[C@H](NC(=O)[C@@H](CC(C)C)NC(=O)CNC(=O)[C@H](Cc1ccccc1)NC(=O)[C@@H](Cc1ccccc1)NC(=O)[C@H](CCC(N)=O)NC(=O)[C@@H](CCC(N)=O)NC(=O)[C@H]1CCCN1C(=O)[C@@H](CCCCN)NC(=O)[C@@H]1CCCN1C(=O)[C@H](N)CCCN=C(N)N)C(N)=O. The molecule has 0 unspecified atom stereocenters. The van der Waals surface area contributed by atoms with Gasteiger partial charge in [0.15, 0.2) is 5.96 Å². The summed E-state index contributed by atoms with van der Waals surface area (Å²) in [6.07, 6.45) is 3.12. The van der Waals surface area contributed by atoms with Gasteiger partial charge in [-0.2, -0.15) is 11.8 Å². The molecule has 2 heterocycles. The van der Waals surface area contributed by atoms with E-state index in [4.69, 9.17) is 40.1 Å². The first-order valence-corrected chi connectivity index (χ1v) is 33.6. The molecule has 0 aromatic heterocycles. The van der Waals surface area contributed by atoms with Crippen LogP contribution in [0.15, 0.2) is 65.7 Å². The van der Waals surface area contributed by atoms with Crippen LogP contribution in [0.1, 0.15) is 121 Å². The molecule has 2 aromatic carbocycles. The van der Waals surface area contributed by atoms with Crippen molar-refractivity contribution in [1.29, 1.82) is 0 Å². The second-order valence-electron chi connectivity index (χ2n) is 24.1. The molecule has 13 amide bonds. The summed E-state index contributed by atoms with van der Waals surface area (Å²) < 4.78 is 0. The Kier molecular flexibility index (Phi) is 33.9. The summed E-state index contributed by atoms with van der Waals surface area (Å²) in [5.74, 6) is -9.80. The number of hydrogen-bond donors (Lipinski definition) is 15. The number of guanidine groups is 1. The van der Waals surface area contributed by atoms with Gasteiger partial charge in [0.2, 0.25) is 76.8 Å². The molecule has 0 saturated carbocycles. The number of carbonyl (C=O) groups is 13. The quantitative estimate of drug-likeness (QED) is 0.0173. The number of likely N-dealkylation sites (tertiary alicyclic amines) is 2. The van der Waals surface area contributed by atoms with Crippen LogP contribution in [-0.4, -0.2) is 198 Å². The molecule has 0 aliphatic carbocycles. The summed E-state index contributed by atoms with van der Waals surface area (Å²) in [6.45, 7) is 3.86. The predicted molar refractivity (Wildman–Crippen MR) is 356 cm³/mol. The zero-order valence-electron chi connectivity index (χ0n) is 54.5. The summed E-state index contributed by atoms with van der Waals surface area (Å²) in [4.78, 5) is 185. The fourth-order valence-corrected chi connectivity index (χ4v) is 11.5. The van der Waals surface area contributed by atoms with Gasteiger partial charge in [-0.05, 0) is 119 Å². The Hall–Kier alpha value is -8.91. The maximum absolute atomic E-state index is 14.7. The minimum Gasteiger partial charge on any atom is -0.370 e. The minimum atomic E-state index is -1.64. The molecular formula is C63H98N18O13S. The van der Waals surface area contributed by atoms with Gasteiger partial charge in [0.1, 0.15) is 54.4 Å². The van der Waals surface area contributed by atoms with Crippen LogP contribution in [0.4, 0.5) is 0 Å². The van der Waals surface area contributed by atoms with Gasteiger partial charge in [0.25, 0.3) is 0 Å². The topological polar surface area (TPSA) is 519 Å². The number of nitrogens with zero attached hydrogens (tertiary/aromatic N) is 3. The van der Waals surface area contributed by atoms with Crippen LogP contribution >= 0.6 is 11.8 Å². The van der Waals surface area contributed by atoms with E-state index in [9.17, 15) is 62.3 Å². The molecule has 10 atom stereocenters. The van der Waals surface area contributed by atoms with E-state index in [2.05, 4.69) is 47.5 Å². The van der Waals surface area contributed by atoms with Gasteiger partial charge in [-0.3, -0.25) is 67.3 Å². The lowest BCUT2D eigenvalue weighted by atomic mass is 10.0. The van der Waals surface area contributed by atoms with E-state index in [1.54, 1.807) is 60.7 Å². The molecule has 2 aliphatic heterocycles. The second kappa shape index (κ2) is 41.0. The van der Waals surface area contributed by atoms with E-state index in [0.29, 0.717) is 55.4 Å². The van der Waals surface area contributed by atoms with Crippen LogP contribution in [0.25, 0.3) is 0 Å². The highest BCUT2D eigenvalue weighted by Crippen LogP contribution is 2.24. The highest BCUT2D eigenvalue weighted by Gasteiger charge is 2.42. The van der Waals surface area contributed by atoms with E-state index >= 15 is 0 Å². The fraction of sp³-hybridized carbons (Fsp3) is 0.587. The van der Waals surface area contributed by atoms with Gasteiger partial charge in [-0.15, -0.1) is 0 Å². The van der Waals surface area contributed by atoms with E-state index < -0.39 is 169 Å². The summed E-state index contributed by atoms with van der Waals surface area (Å²) in [6, 6.07) is 4.51. The van der Waals surface area contributed by atoms with Crippen molar-refractivity contribution in [2.45, 2.75) is 183 Å². The van der Waals surface area contributed by atoms with Crippen molar-refractivity contribution in [2.75, 3.05) is 44.7 Å². The summed E-state index contributed by atoms with van der Waals surface area (Å²) in [5.41, 5.74) is 40.6. The molecule has 524 valence electrons. The summed E-state index contributed by atoms with van der Waals surface area (Å²) in [7, 11) is 0. The number of amides is 13. The third kappa shape index (κ3) is 27.5. The van der Waals surface area contributed by atoms with Crippen molar-refractivity contribution in [3.63, 3.8) is 0 Å². The number of benzene rings is 2. The van der Waals surface area contributed by atoms with Crippen LogP contribution in [0.2, 0.25) is 0 Å². The average Bonchev–Trinajstić information content (AvgIpc) is 1.74.